The van der Waals surface area contributed by atoms with Crippen LogP contribution >= 0.6 is 23.2 Å². The molecule has 0 saturated carbocycles. The van der Waals surface area contributed by atoms with Crippen molar-refractivity contribution < 1.29 is 18.0 Å². The molecule has 10 heteroatoms. The number of anilines is 1. The molecule has 7 nitrogen and oxygen atoms in total. The summed E-state index contributed by atoms with van der Waals surface area (Å²) in [5.74, 6) is -0.923. The molecule has 0 fully saturated rings. The molecule has 3 aromatic rings. The van der Waals surface area contributed by atoms with E-state index in [1.165, 1.54) is 29.2 Å². The standard InChI is InChI=1S/C28H31Cl2N3O4S/c1-20(27(35)31-28(2,3)4)32(18-21-9-8-10-23(30)17-21)26(34)19-33(24-15-13-22(29)14-16-24)38(36,37)25-11-6-5-7-12-25/h5-17,20H,18-19H2,1-4H3,(H,31,35). The number of nitrogens with one attached hydrogen (secondary N) is 1. The van der Waals surface area contributed by atoms with Gasteiger partial charge in [0.2, 0.25) is 11.8 Å². The van der Waals surface area contributed by atoms with Gasteiger partial charge in [0.1, 0.15) is 12.6 Å². The molecular formula is C28H31Cl2N3O4S. The summed E-state index contributed by atoms with van der Waals surface area (Å²) in [6.07, 6.45) is 0. The highest BCUT2D eigenvalue weighted by Crippen LogP contribution is 2.26. The number of sulfonamides is 1. The third kappa shape index (κ3) is 7.72. The molecule has 0 aliphatic heterocycles. The maximum absolute atomic E-state index is 13.9. The van der Waals surface area contributed by atoms with Crippen molar-refractivity contribution >= 4 is 50.7 Å². The van der Waals surface area contributed by atoms with E-state index in [2.05, 4.69) is 5.32 Å². The van der Waals surface area contributed by atoms with Crippen LogP contribution in [0.1, 0.15) is 33.3 Å². The van der Waals surface area contributed by atoms with Crippen LogP contribution < -0.4 is 9.62 Å². The Kier molecular flexibility index (Phi) is 9.46. The van der Waals surface area contributed by atoms with Crippen LogP contribution in [-0.2, 0) is 26.2 Å². The number of hydrogen-bond donors (Lipinski definition) is 1. The molecule has 0 saturated heterocycles. The second-order valence-corrected chi connectivity index (χ2v) is 12.6. The van der Waals surface area contributed by atoms with Crippen molar-refractivity contribution in [2.45, 2.75) is 50.7 Å². The van der Waals surface area contributed by atoms with Crippen molar-refractivity contribution in [2.75, 3.05) is 10.8 Å². The molecule has 1 N–H and O–H groups in total. The van der Waals surface area contributed by atoms with E-state index >= 15 is 0 Å². The van der Waals surface area contributed by atoms with Gasteiger partial charge in [-0.1, -0.05) is 53.5 Å². The molecule has 202 valence electrons. The van der Waals surface area contributed by atoms with Crippen LogP contribution in [0.5, 0.6) is 0 Å². The highest BCUT2D eigenvalue weighted by molar-refractivity contribution is 7.92. The average Bonchev–Trinajstić information content (AvgIpc) is 2.85. The number of carbonyl (C=O) groups excluding carboxylic acids is 2. The van der Waals surface area contributed by atoms with Crippen LogP contribution in [0.15, 0.2) is 83.8 Å². The first-order valence-corrected chi connectivity index (χ1v) is 14.2. The Balaban J connectivity index is 2.02. The first kappa shape index (κ1) is 29.5. The van der Waals surface area contributed by atoms with E-state index in [1.54, 1.807) is 61.5 Å². The lowest BCUT2D eigenvalue weighted by Gasteiger charge is -2.33. The number of hydrogen-bond acceptors (Lipinski definition) is 4. The minimum absolute atomic E-state index is 0.0302. The zero-order valence-corrected chi connectivity index (χ0v) is 24.0. The predicted octanol–water partition coefficient (Wildman–Crippen LogP) is 5.52. The van der Waals surface area contributed by atoms with Gasteiger partial charge in [-0.05, 0) is 81.8 Å². The summed E-state index contributed by atoms with van der Waals surface area (Å²) in [6.45, 7) is 6.66. The van der Waals surface area contributed by atoms with E-state index in [1.807, 2.05) is 20.8 Å². The molecule has 1 atom stereocenters. The summed E-state index contributed by atoms with van der Waals surface area (Å²) in [5.41, 5.74) is 0.439. The van der Waals surface area contributed by atoms with Crippen LogP contribution in [0.3, 0.4) is 0 Å². The summed E-state index contributed by atoms with van der Waals surface area (Å²) in [7, 11) is -4.13. The molecule has 1 unspecified atom stereocenters. The lowest BCUT2D eigenvalue weighted by Crippen LogP contribution is -2.54. The van der Waals surface area contributed by atoms with Gasteiger partial charge >= 0.3 is 0 Å². The average molecular weight is 577 g/mol. The third-order valence-corrected chi connectivity index (χ3v) is 7.91. The third-order valence-electron chi connectivity index (χ3n) is 5.63. The van der Waals surface area contributed by atoms with E-state index < -0.39 is 34.1 Å². The van der Waals surface area contributed by atoms with Gasteiger partial charge in [-0.25, -0.2) is 8.42 Å². The first-order valence-electron chi connectivity index (χ1n) is 12.0. The van der Waals surface area contributed by atoms with E-state index in [0.717, 1.165) is 4.31 Å². The van der Waals surface area contributed by atoms with Crippen molar-refractivity contribution in [1.29, 1.82) is 0 Å². The van der Waals surface area contributed by atoms with Gasteiger partial charge in [0.25, 0.3) is 10.0 Å². The Bertz CT molecular complexity index is 1380. The predicted molar refractivity (Wildman–Crippen MR) is 152 cm³/mol. The minimum Gasteiger partial charge on any atom is -0.350 e. The second kappa shape index (κ2) is 12.2. The Morgan fingerprint density at radius 3 is 2.11 bits per heavy atom. The summed E-state index contributed by atoms with van der Waals surface area (Å²) in [5, 5.41) is 3.80. The van der Waals surface area contributed by atoms with Gasteiger partial charge in [-0.15, -0.1) is 0 Å². The molecule has 3 rings (SSSR count). The van der Waals surface area contributed by atoms with Gasteiger partial charge in [0.15, 0.2) is 0 Å². The zero-order valence-electron chi connectivity index (χ0n) is 21.7. The number of rotatable bonds is 9. The number of benzene rings is 3. The number of amides is 2. The van der Waals surface area contributed by atoms with E-state index in [-0.39, 0.29) is 23.0 Å². The van der Waals surface area contributed by atoms with Crippen molar-refractivity contribution in [3.05, 3.63) is 94.5 Å². The first-order chi connectivity index (χ1) is 17.8. The maximum atomic E-state index is 13.9. The molecule has 3 aromatic carbocycles. The van der Waals surface area contributed by atoms with Gasteiger partial charge < -0.3 is 10.2 Å². The van der Waals surface area contributed by atoms with Crippen LogP contribution in [-0.4, -0.2) is 43.3 Å². The minimum atomic E-state index is -4.13. The summed E-state index contributed by atoms with van der Waals surface area (Å²) in [6, 6.07) is 20.1. The van der Waals surface area contributed by atoms with Gasteiger partial charge in [0, 0.05) is 22.1 Å². The number of nitrogens with zero attached hydrogens (tertiary/aromatic N) is 2. The fraction of sp³-hybridized carbons (Fsp3) is 0.286. The fourth-order valence-electron chi connectivity index (χ4n) is 3.74. The van der Waals surface area contributed by atoms with Crippen molar-refractivity contribution in [3.8, 4) is 0 Å². The van der Waals surface area contributed by atoms with Crippen molar-refractivity contribution in [2.24, 2.45) is 0 Å². The molecular weight excluding hydrogens is 545 g/mol. The Morgan fingerprint density at radius 2 is 1.53 bits per heavy atom. The topological polar surface area (TPSA) is 86.8 Å². The molecule has 38 heavy (non-hydrogen) atoms. The van der Waals surface area contributed by atoms with Crippen molar-refractivity contribution in [1.82, 2.24) is 10.2 Å². The molecule has 0 spiro atoms. The normalized spacial score (nSPS) is 12.5. The monoisotopic (exact) mass is 575 g/mol. The Hall–Kier alpha value is -3.07. The van der Waals surface area contributed by atoms with Crippen molar-refractivity contribution in [3.63, 3.8) is 0 Å². The van der Waals surface area contributed by atoms with Crippen LogP contribution in [0.4, 0.5) is 5.69 Å². The highest BCUT2D eigenvalue weighted by atomic mass is 35.5. The molecule has 0 aliphatic rings. The quantitative estimate of drug-likeness (QED) is 0.364. The zero-order chi connectivity index (χ0) is 28.1. The number of halogens is 2. The Morgan fingerprint density at radius 1 is 0.895 bits per heavy atom. The Labute approximate surface area is 234 Å². The fourth-order valence-corrected chi connectivity index (χ4v) is 5.52. The van der Waals surface area contributed by atoms with E-state index in [9.17, 15) is 18.0 Å². The molecule has 0 bridgehead atoms. The maximum Gasteiger partial charge on any atom is 0.264 e. The van der Waals surface area contributed by atoms with E-state index in [0.29, 0.717) is 15.6 Å². The SMILES string of the molecule is CC(C(=O)NC(C)(C)C)N(Cc1cccc(Cl)c1)C(=O)CN(c1ccc(Cl)cc1)S(=O)(=O)c1ccccc1. The molecule has 0 aromatic heterocycles. The van der Waals surface area contributed by atoms with Crippen LogP contribution in [0, 0.1) is 0 Å². The van der Waals surface area contributed by atoms with Gasteiger partial charge in [-0.2, -0.15) is 0 Å². The van der Waals surface area contributed by atoms with E-state index in [4.69, 9.17) is 23.2 Å². The van der Waals surface area contributed by atoms with Crippen LogP contribution in [0.2, 0.25) is 10.0 Å². The lowest BCUT2D eigenvalue weighted by atomic mass is 10.1. The summed E-state index contributed by atoms with van der Waals surface area (Å²) < 4.78 is 28.4. The molecule has 0 heterocycles. The smallest absolute Gasteiger partial charge is 0.264 e. The largest absolute Gasteiger partial charge is 0.350 e. The molecule has 2 amide bonds. The van der Waals surface area contributed by atoms with Gasteiger partial charge in [0.05, 0.1) is 10.6 Å². The lowest BCUT2D eigenvalue weighted by molar-refractivity contribution is -0.140. The van der Waals surface area contributed by atoms with Crippen LogP contribution in [0.25, 0.3) is 0 Å². The molecule has 0 radical (unpaired) electrons. The second-order valence-electron chi connectivity index (χ2n) is 9.87. The summed E-state index contributed by atoms with van der Waals surface area (Å²) in [4.78, 5) is 28.3. The summed E-state index contributed by atoms with van der Waals surface area (Å²) >= 11 is 12.2. The molecule has 0 aliphatic carbocycles. The van der Waals surface area contributed by atoms with Gasteiger partial charge in [-0.3, -0.25) is 13.9 Å². The highest BCUT2D eigenvalue weighted by Gasteiger charge is 2.33. The number of carbonyl (C=O) groups is 2.